The Labute approximate surface area is 157 Å². The summed E-state index contributed by atoms with van der Waals surface area (Å²) < 4.78 is 29.7. The molecule has 1 aromatic carbocycles. The summed E-state index contributed by atoms with van der Waals surface area (Å²) in [5.74, 6) is 0.307. The highest BCUT2D eigenvalue weighted by molar-refractivity contribution is 7.13. The van der Waals surface area contributed by atoms with Crippen LogP contribution in [-0.4, -0.2) is 16.5 Å². The normalized spacial score (nSPS) is 16.7. The lowest BCUT2D eigenvalue weighted by atomic mass is 9.93. The minimum atomic E-state index is -3.09. The Bertz CT molecular complexity index is 950. The van der Waals surface area contributed by atoms with E-state index in [4.69, 9.17) is 0 Å². The van der Waals surface area contributed by atoms with Gasteiger partial charge in [-0.25, -0.2) is 4.98 Å². The molecule has 2 aromatic rings. The topological polar surface area (TPSA) is 89.0 Å². The van der Waals surface area contributed by atoms with Gasteiger partial charge in [-0.1, -0.05) is 6.92 Å². The minimum absolute atomic E-state index is 0.0302. The Morgan fingerprint density at radius 1 is 1.56 bits per heavy atom. The third kappa shape index (κ3) is 4.28. The first kappa shape index (κ1) is 18.9. The monoisotopic (exact) mass is 391 g/mol. The van der Waals surface area contributed by atoms with Crippen LogP contribution in [0.5, 0.6) is 5.75 Å². The molecule has 0 bridgehead atoms. The van der Waals surface area contributed by atoms with Gasteiger partial charge in [-0.2, -0.15) is 14.0 Å². The van der Waals surface area contributed by atoms with Gasteiger partial charge < -0.3 is 4.74 Å². The van der Waals surface area contributed by atoms with Crippen molar-refractivity contribution in [2.45, 2.75) is 32.8 Å². The van der Waals surface area contributed by atoms with E-state index in [0.717, 1.165) is 48.0 Å². The molecule has 27 heavy (non-hydrogen) atoms. The van der Waals surface area contributed by atoms with E-state index in [1.807, 2.05) is 6.07 Å². The van der Waals surface area contributed by atoms with Gasteiger partial charge in [0.15, 0.2) is 0 Å². The molecular weight excluding hydrogens is 376 g/mol. The molecule has 0 N–H and O–H groups in total. The zero-order chi connectivity index (χ0) is 19.6. The first-order valence-corrected chi connectivity index (χ1v) is 9.03. The van der Waals surface area contributed by atoms with Crippen LogP contribution in [0.3, 0.4) is 0 Å². The molecule has 1 aromatic heterocycles. The van der Waals surface area contributed by atoms with Crippen molar-refractivity contribution < 1.29 is 18.4 Å². The summed E-state index contributed by atoms with van der Waals surface area (Å²) in [5.41, 5.74) is 0.856. The molecule has 1 aliphatic carbocycles. The summed E-state index contributed by atoms with van der Waals surface area (Å²) in [6, 6.07) is 5.29. The third-order valence-corrected chi connectivity index (χ3v) is 5.41. The van der Waals surface area contributed by atoms with Crippen molar-refractivity contribution in [1.82, 2.24) is 4.98 Å². The lowest BCUT2D eigenvalue weighted by Crippen LogP contribution is -2.09. The highest BCUT2D eigenvalue weighted by Crippen LogP contribution is 2.34. The number of thiazole rings is 1. The van der Waals surface area contributed by atoms with Crippen LogP contribution in [-0.2, 0) is 12.8 Å². The second-order valence-electron chi connectivity index (χ2n) is 6.26. The van der Waals surface area contributed by atoms with E-state index in [1.165, 1.54) is 17.4 Å². The Morgan fingerprint density at radius 3 is 3.00 bits per heavy atom. The SMILES string of the molecule is C[C@@H]1CCc2nc(/C(C#N)=C/c3cc([N+](=O)[O-])ccc3OC(F)F)sc2C1. The summed E-state index contributed by atoms with van der Waals surface area (Å²) in [6.07, 6.45) is 4.06. The number of alkyl halides is 2. The summed E-state index contributed by atoms with van der Waals surface area (Å²) in [5, 5.41) is 21.0. The molecule has 0 spiro atoms. The summed E-state index contributed by atoms with van der Waals surface area (Å²) in [6.45, 7) is -0.932. The Kier molecular flexibility index (Phi) is 5.46. The van der Waals surface area contributed by atoms with Crippen LogP contribution in [0.2, 0.25) is 0 Å². The smallest absolute Gasteiger partial charge is 0.387 e. The van der Waals surface area contributed by atoms with Crippen molar-refractivity contribution in [3.05, 3.63) is 49.5 Å². The zero-order valence-electron chi connectivity index (χ0n) is 14.3. The lowest BCUT2D eigenvalue weighted by molar-refractivity contribution is -0.384. The van der Waals surface area contributed by atoms with Gasteiger partial charge in [0.25, 0.3) is 5.69 Å². The van der Waals surface area contributed by atoms with Gasteiger partial charge in [0.2, 0.25) is 0 Å². The number of hydrogen-bond acceptors (Lipinski definition) is 6. The predicted molar refractivity (Wildman–Crippen MR) is 96.5 cm³/mol. The van der Waals surface area contributed by atoms with Crippen LogP contribution < -0.4 is 4.74 Å². The predicted octanol–water partition coefficient (Wildman–Crippen LogP) is 4.84. The van der Waals surface area contributed by atoms with Crippen LogP contribution in [0.1, 0.15) is 34.5 Å². The minimum Gasteiger partial charge on any atom is -0.434 e. The molecule has 0 fully saturated rings. The molecule has 0 radical (unpaired) electrons. The standard InChI is InChI=1S/C18H15F2N3O3S/c1-10-2-4-14-16(6-10)27-17(22-14)12(9-21)7-11-8-13(23(24)25)3-5-15(11)26-18(19)20/h3,5,7-8,10,18H,2,4,6H2,1H3/b12-7+/t10-/m1/s1. The molecule has 0 unspecified atom stereocenters. The maximum absolute atomic E-state index is 12.6. The molecule has 0 aliphatic heterocycles. The van der Waals surface area contributed by atoms with Crippen molar-refractivity contribution in [2.24, 2.45) is 5.92 Å². The van der Waals surface area contributed by atoms with E-state index in [-0.39, 0.29) is 22.6 Å². The number of non-ortho nitro benzene ring substituents is 1. The number of nitro groups is 1. The average Bonchev–Trinajstić information content (AvgIpc) is 3.02. The quantitative estimate of drug-likeness (QED) is 0.413. The van der Waals surface area contributed by atoms with Crippen molar-refractivity contribution in [1.29, 1.82) is 5.26 Å². The molecule has 0 saturated carbocycles. The number of nitrogens with zero attached hydrogens (tertiary/aromatic N) is 3. The van der Waals surface area contributed by atoms with Crippen molar-refractivity contribution in [3.8, 4) is 11.8 Å². The number of fused-ring (bicyclic) bond motifs is 1. The van der Waals surface area contributed by atoms with Crippen LogP contribution >= 0.6 is 11.3 Å². The van der Waals surface area contributed by atoms with Gasteiger partial charge in [0.1, 0.15) is 16.8 Å². The number of aryl methyl sites for hydroxylation is 1. The van der Waals surface area contributed by atoms with E-state index in [2.05, 4.69) is 16.6 Å². The second-order valence-corrected chi connectivity index (χ2v) is 7.35. The Hall–Kier alpha value is -2.86. The largest absolute Gasteiger partial charge is 0.434 e. The molecule has 6 nitrogen and oxygen atoms in total. The average molecular weight is 391 g/mol. The number of allylic oxidation sites excluding steroid dienone is 1. The van der Waals surface area contributed by atoms with Gasteiger partial charge in [-0.05, 0) is 37.3 Å². The van der Waals surface area contributed by atoms with Gasteiger partial charge in [-0.15, -0.1) is 11.3 Å². The van der Waals surface area contributed by atoms with Crippen molar-refractivity contribution in [2.75, 3.05) is 0 Å². The van der Waals surface area contributed by atoms with Crippen LogP contribution in [0.25, 0.3) is 11.6 Å². The first-order chi connectivity index (χ1) is 12.9. The van der Waals surface area contributed by atoms with Crippen molar-refractivity contribution in [3.63, 3.8) is 0 Å². The Morgan fingerprint density at radius 2 is 2.33 bits per heavy atom. The maximum Gasteiger partial charge on any atom is 0.387 e. The van der Waals surface area contributed by atoms with Crippen LogP contribution in [0.15, 0.2) is 18.2 Å². The molecule has 9 heteroatoms. The maximum atomic E-state index is 12.6. The highest BCUT2D eigenvalue weighted by atomic mass is 32.1. The van der Waals surface area contributed by atoms with E-state index in [1.54, 1.807) is 0 Å². The summed E-state index contributed by atoms with van der Waals surface area (Å²) in [4.78, 5) is 16.0. The number of aromatic nitrogens is 1. The summed E-state index contributed by atoms with van der Waals surface area (Å²) in [7, 11) is 0. The fourth-order valence-electron chi connectivity index (χ4n) is 2.92. The van der Waals surface area contributed by atoms with Crippen LogP contribution in [0.4, 0.5) is 14.5 Å². The van der Waals surface area contributed by atoms with Crippen LogP contribution in [0, 0.1) is 27.4 Å². The van der Waals surface area contributed by atoms with E-state index in [0.29, 0.717) is 10.9 Å². The molecular formula is C18H15F2N3O3S. The molecule has 1 atom stereocenters. The molecule has 140 valence electrons. The van der Waals surface area contributed by atoms with E-state index >= 15 is 0 Å². The number of ether oxygens (including phenoxy) is 1. The van der Waals surface area contributed by atoms with Gasteiger partial charge in [0.05, 0.1) is 16.2 Å². The number of nitriles is 1. The van der Waals surface area contributed by atoms with Gasteiger partial charge in [0, 0.05) is 22.6 Å². The summed E-state index contributed by atoms with van der Waals surface area (Å²) >= 11 is 1.40. The van der Waals surface area contributed by atoms with Gasteiger partial charge in [-0.3, -0.25) is 10.1 Å². The number of benzene rings is 1. The first-order valence-electron chi connectivity index (χ1n) is 8.21. The molecule has 0 saturated heterocycles. The number of halogens is 2. The number of rotatable bonds is 5. The number of nitro benzene ring substituents is 1. The van der Waals surface area contributed by atoms with Crippen molar-refractivity contribution >= 4 is 28.7 Å². The fraction of sp³-hybridized carbons (Fsp3) is 0.333. The second kappa shape index (κ2) is 7.80. The fourth-order valence-corrected chi connectivity index (χ4v) is 4.16. The molecule has 1 aliphatic rings. The van der Waals surface area contributed by atoms with E-state index < -0.39 is 11.5 Å². The molecule has 1 heterocycles. The zero-order valence-corrected chi connectivity index (χ0v) is 15.1. The molecule has 3 rings (SSSR count). The third-order valence-electron chi connectivity index (χ3n) is 4.26. The van der Waals surface area contributed by atoms with E-state index in [9.17, 15) is 24.2 Å². The lowest BCUT2D eigenvalue weighted by Gasteiger charge is -2.15. The Balaban J connectivity index is 2.03. The van der Waals surface area contributed by atoms with Gasteiger partial charge >= 0.3 is 6.61 Å². The number of hydrogen-bond donors (Lipinski definition) is 0. The highest BCUT2D eigenvalue weighted by Gasteiger charge is 2.22. The molecule has 0 amide bonds.